The topological polar surface area (TPSA) is 118 Å². The lowest BCUT2D eigenvalue weighted by atomic mass is 9.95. The first-order chi connectivity index (χ1) is 16.3. The minimum absolute atomic E-state index is 0.272. The molecule has 11 heteroatoms. The van der Waals surface area contributed by atoms with Crippen LogP contribution < -0.4 is 11.1 Å². The normalized spacial score (nSPS) is 15.3. The van der Waals surface area contributed by atoms with Gasteiger partial charge in [0, 0.05) is 11.1 Å². The minimum atomic E-state index is -2.54. The molecule has 0 spiro atoms. The van der Waals surface area contributed by atoms with Crippen LogP contribution in [0.5, 0.6) is 0 Å². The van der Waals surface area contributed by atoms with Crippen molar-refractivity contribution in [2.75, 3.05) is 11.1 Å². The van der Waals surface area contributed by atoms with E-state index in [-0.39, 0.29) is 5.82 Å². The minimum Gasteiger partial charge on any atom is -0.383 e. The molecule has 1 fully saturated rings. The Morgan fingerprint density at radius 2 is 2.06 bits per heavy atom. The van der Waals surface area contributed by atoms with Gasteiger partial charge in [0.15, 0.2) is 0 Å². The molecule has 3 N–H and O–H groups in total. The molecule has 8 nitrogen and oxygen atoms in total. The quantitative estimate of drug-likeness (QED) is 0.414. The number of benzene rings is 2. The zero-order valence-corrected chi connectivity index (χ0v) is 18.8. The third-order valence-corrected chi connectivity index (χ3v) is 6.56. The number of nitrogens with two attached hydrogens (primary N) is 1. The number of fused-ring (bicyclic) bond motifs is 1. The van der Waals surface area contributed by atoms with Gasteiger partial charge in [0.2, 0.25) is 0 Å². The number of nitrogens with zero attached hydrogens (tertiary/aromatic N) is 6. The van der Waals surface area contributed by atoms with Crippen molar-refractivity contribution in [2.24, 2.45) is 0 Å². The SMILES string of the molecule is Cc1c(C#N)cccc1[C@H](Nc1cc(Cl)c2ncnc(N)c2c1)c1cn(C2(C(F)F)CC2)nn1. The molecule has 172 valence electrons. The maximum atomic E-state index is 13.7. The number of rotatable bonds is 6. The summed E-state index contributed by atoms with van der Waals surface area (Å²) in [6.45, 7) is 1.83. The van der Waals surface area contributed by atoms with Crippen LogP contribution in [-0.2, 0) is 5.54 Å². The molecule has 2 aromatic carbocycles. The van der Waals surface area contributed by atoms with E-state index < -0.39 is 18.0 Å². The fourth-order valence-corrected chi connectivity index (χ4v) is 4.36. The molecule has 34 heavy (non-hydrogen) atoms. The highest BCUT2D eigenvalue weighted by molar-refractivity contribution is 6.35. The number of nitriles is 1. The molecule has 0 bridgehead atoms. The van der Waals surface area contributed by atoms with Crippen LogP contribution in [0.4, 0.5) is 20.3 Å². The van der Waals surface area contributed by atoms with E-state index >= 15 is 0 Å². The molecule has 1 atom stereocenters. The summed E-state index contributed by atoms with van der Waals surface area (Å²) in [6, 6.07) is 10.4. The number of anilines is 2. The van der Waals surface area contributed by atoms with Gasteiger partial charge in [-0.05, 0) is 49.1 Å². The summed E-state index contributed by atoms with van der Waals surface area (Å²) in [4.78, 5) is 8.21. The molecule has 0 radical (unpaired) electrons. The summed E-state index contributed by atoms with van der Waals surface area (Å²) in [5.41, 5.74) is 8.24. The maximum Gasteiger partial charge on any atom is 0.263 e. The van der Waals surface area contributed by atoms with Crippen molar-refractivity contribution >= 4 is 34.0 Å². The largest absolute Gasteiger partial charge is 0.383 e. The summed E-state index contributed by atoms with van der Waals surface area (Å²) in [6.07, 6.45) is 1.02. The van der Waals surface area contributed by atoms with Gasteiger partial charge in [0.05, 0.1) is 34.4 Å². The third-order valence-electron chi connectivity index (χ3n) is 6.27. The number of alkyl halides is 2. The Bertz CT molecular complexity index is 1440. The van der Waals surface area contributed by atoms with Crippen molar-refractivity contribution < 1.29 is 8.78 Å². The van der Waals surface area contributed by atoms with E-state index in [4.69, 9.17) is 17.3 Å². The van der Waals surface area contributed by atoms with Crippen LogP contribution in [-0.4, -0.2) is 31.4 Å². The number of hydrogen-bond acceptors (Lipinski definition) is 7. The Balaban J connectivity index is 1.62. The smallest absolute Gasteiger partial charge is 0.263 e. The summed E-state index contributed by atoms with van der Waals surface area (Å²) >= 11 is 6.45. The fourth-order valence-electron chi connectivity index (χ4n) is 4.09. The Morgan fingerprint density at radius 3 is 2.76 bits per heavy atom. The van der Waals surface area contributed by atoms with Crippen LogP contribution >= 0.6 is 11.6 Å². The van der Waals surface area contributed by atoms with Gasteiger partial charge in [-0.3, -0.25) is 0 Å². The standard InChI is InChI=1S/C23H19ClF2N8/c1-12-13(9-27)3-2-4-15(12)20(18-10-34(33-32-18)23(5-6-23)22(25)26)31-14-7-16-19(17(24)8-14)29-11-30-21(16)28/h2-4,7-8,10-11,20,22,31H,5-6H2,1H3,(H2,28,29,30)/t20-/m0/s1. The molecule has 5 rings (SSSR count). The number of nitrogen functional groups attached to an aromatic ring is 1. The highest BCUT2D eigenvalue weighted by Crippen LogP contribution is 2.48. The van der Waals surface area contributed by atoms with E-state index in [9.17, 15) is 14.0 Å². The van der Waals surface area contributed by atoms with Crippen molar-refractivity contribution in [3.05, 3.63) is 70.3 Å². The van der Waals surface area contributed by atoms with Crippen LogP contribution in [0.2, 0.25) is 5.02 Å². The Morgan fingerprint density at radius 1 is 1.26 bits per heavy atom. The molecule has 2 heterocycles. The molecular weight excluding hydrogens is 462 g/mol. The van der Waals surface area contributed by atoms with Gasteiger partial charge in [0.1, 0.15) is 23.4 Å². The molecule has 0 saturated heterocycles. The highest BCUT2D eigenvalue weighted by atomic mass is 35.5. The first-order valence-electron chi connectivity index (χ1n) is 10.5. The summed E-state index contributed by atoms with van der Waals surface area (Å²) in [5, 5.41) is 22.1. The van der Waals surface area contributed by atoms with Gasteiger partial charge >= 0.3 is 0 Å². The Hall–Kier alpha value is -3.84. The molecule has 1 saturated carbocycles. The second kappa shape index (κ2) is 8.18. The van der Waals surface area contributed by atoms with E-state index in [1.165, 1.54) is 17.2 Å². The first kappa shape index (κ1) is 22.0. The van der Waals surface area contributed by atoms with Crippen LogP contribution in [0.3, 0.4) is 0 Å². The molecule has 1 aliphatic carbocycles. The van der Waals surface area contributed by atoms with Crippen LogP contribution in [0, 0.1) is 18.3 Å². The second-order valence-corrected chi connectivity index (χ2v) is 8.72. The van der Waals surface area contributed by atoms with Gasteiger partial charge in [-0.25, -0.2) is 23.4 Å². The molecule has 1 aliphatic rings. The fraction of sp³-hybridized carbons (Fsp3) is 0.261. The Labute approximate surface area is 198 Å². The average molecular weight is 481 g/mol. The monoisotopic (exact) mass is 480 g/mol. The third kappa shape index (κ3) is 3.58. The average Bonchev–Trinajstić information content (AvgIpc) is 3.49. The number of nitrogens with one attached hydrogen (secondary N) is 1. The predicted octanol–water partition coefficient (Wildman–Crippen LogP) is 4.59. The zero-order chi connectivity index (χ0) is 24.0. The lowest BCUT2D eigenvalue weighted by molar-refractivity contribution is 0.0593. The maximum absolute atomic E-state index is 13.7. The van der Waals surface area contributed by atoms with Gasteiger partial charge in [-0.15, -0.1) is 5.10 Å². The molecule has 2 aromatic heterocycles. The Kier molecular flexibility index (Phi) is 5.29. The second-order valence-electron chi connectivity index (χ2n) is 8.31. The van der Waals surface area contributed by atoms with Gasteiger partial charge in [-0.1, -0.05) is 28.9 Å². The number of halogens is 3. The highest BCUT2D eigenvalue weighted by Gasteiger charge is 2.54. The van der Waals surface area contributed by atoms with E-state index in [2.05, 4.69) is 31.7 Å². The molecular formula is C23H19ClF2N8. The van der Waals surface area contributed by atoms with Crippen molar-refractivity contribution in [3.8, 4) is 6.07 Å². The van der Waals surface area contributed by atoms with Crippen LogP contribution in [0.25, 0.3) is 10.9 Å². The van der Waals surface area contributed by atoms with Crippen molar-refractivity contribution in [2.45, 2.75) is 37.8 Å². The van der Waals surface area contributed by atoms with Crippen LogP contribution in [0.1, 0.15) is 41.3 Å². The van der Waals surface area contributed by atoms with E-state index in [0.29, 0.717) is 45.7 Å². The zero-order valence-electron chi connectivity index (χ0n) is 18.0. The van der Waals surface area contributed by atoms with Gasteiger partial charge < -0.3 is 11.1 Å². The first-order valence-corrected chi connectivity index (χ1v) is 10.9. The van der Waals surface area contributed by atoms with E-state index in [1.54, 1.807) is 24.3 Å². The lowest BCUT2D eigenvalue weighted by Gasteiger charge is -2.21. The van der Waals surface area contributed by atoms with Crippen molar-refractivity contribution in [1.29, 1.82) is 5.26 Å². The number of aromatic nitrogens is 5. The van der Waals surface area contributed by atoms with E-state index in [0.717, 1.165) is 11.1 Å². The molecule has 0 aliphatic heterocycles. The summed E-state index contributed by atoms with van der Waals surface area (Å²) in [5.74, 6) is 0.272. The number of hydrogen-bond donors (Lipinski definition) is 2. The van der Waals surface area contributed by atoms with Crippen molar-refractivity contribution in [1.82, 2.24) is 25.0 Å². The predicted molar refractivity (Wildman–Crippen MR) is 124 cm³/mol. The van der Waals surface area contributed by atoms with Crippen LogP contribution in [0.15, 0.2) is 42.9 Å². The van der Waals surface area contributed by atoms with Gasteiger partial charge in [0.25, 0.3) is 6.43 Å². The summed E-state index contributed by atoms with van der Waals surface area (Å²) < 4.78 is 28.6. The van der Waals surface area contributed by atoms with Crippen molar-refractivity contribution in [3.63, 3.8) is 0 Å². The summed E-state index contributed by atoms with van der Waals surface area (Å²) in [7, 11) is 0. The molecule has 4 aromatic rings. The molecule has 0 amide bonds. The lowest BCUT2D eigenvalue weighted by Crippen LogP contribution is -2.26. The van der Waals surface area contributed by atoms with Gasteiger partial charge in [-0.2, -0.15) is 5.26 Å². The molecule has 0 unspecified atom stereocenters. The van der Waals surface area contributed by atoms with E-state index in [1.807, 2.05) is 13.0 Å².